The van der Waals surface area contributed by atoms with Gasteiger partial charge in [-0.3, -0.25) is 4.90 Å². The normalized spacial score (nSPS) is 18.7. The van der Waals surface area contributed by atoms with Crippen molar-refractivity contribution in [2.45, 2.75) is 26.0 Å². The van der Waals surface area contributed by atoms with Gasteiger partial charge in [0.2, 0.25) is 0 Å². The lowest BCUT2D eigenvalue weighted by Gasteiger charge is -2.15. The Morgan fingerprint density at radius 1 is 1.38 bits per heavy atom. The van der Waals surface area contributed by atoms with Gasteiger partial charge in [0.1, 0.15) is 5.60 Å². The Bertz CT molecular complexity index is 400. The van der Waals surface area contributed by atoms with Crippen molar-refractivity contribution in [3.8, 4) is 0 Å². The highest BCUT2D eigenvalue weighted by molar-refractivity contribution is 9.10. The van der Waals surface area contributed by atoms with E-state index >= 15 is 0 Å². The van der Waals surface area contributed by atoms with Crippen LogP contribution in [0.5, 0.6) is 0 Å². The zero-order chi connectivity index (χ0) is 11.8. The second-order valence-electron chi connectivity index (χ2n) is 4.61. The first kappa shape index (κ1) is 11.5. The quantitative estimate of drug-likeness (QED) is 0.834. The maximum absolute atomic E-state index is 11.6. The van der Waals surface area contributed by atoms with Gasteiger partial charge < -0.3 is 4.74 Å². The first-order valence-corrected chi connectivity index (χ1v) is 5.98. The minimum absolute atomic E-state index is 0.229. The molecule has 1 aromatic carbocycles. The molecule has 2 rings (SSSR count). The van der Waals surface area contributed by atoms with Crippen LogP contribution in [-0.2, 0) is 11.3 Å². The number of carbonyl (C=O) groups excluding carboxylic acids is 1. The van der Waals surface area contributed by atoms with Gasteiger partial charge in [-0.15, -0.1) is 0 Å². The summed E-state index contributed by atoms with van der Waals surface area (Å²) in [6, 6.07) is 7.95. The molecule has 86 valence electrons. The van der Waals surface area contributed by atoms with Gasteiger partial charge in [0.05, 0.1) is 6.54 Å². The molecular formula is C12H14BrNO2. The average Bonchev–Trinajstić information content (AvgIpc) is 2.44. The summed E-state index contributed by atoms with van der Waals surface area (Å²) < 4.78 is 6.28. The monoisotopic (exact) mass is 283 g/mol. The van der Waals surface area contributed by atoms with Crippen LogP contribution in [0.3, 0.4) is 0 Å². The van der Waals surface area contributed by atoms with Gasteiger partial charge in [-0.1, -0.05) is 28.1 Å². The van der Waals surface area contributed by atoms with E-state index in [0.29, 0.717) is 13.1 Å². The fourth-order valence-electron chi connectivity index (χ4n) is 1.79. The SMILES string of the molecule is CC1(C)CN(Cc2ccc(Br)cc2)C(=O)O1. The van der Waals surface area contributed by atoms with Crippen LogP contribution in [0.25, 0.3) is 0 Å². The van der Waals surface area contributed by atoms with Crippen LogP contribution in [0, 0.1) is 0 Å². The van der Waals surface area contributed by atoms with Crippen molar-refractivity contribution >= 4 is 22.0 Å². The Morgan fingerprint density at radius 2 is 2.00 bits per heavy atom. The molecule has 3 nitrogen and oxygen atoms in total. The van der Waals surface area contributed by atoms with E-state index in [1.54, 1.807) is 4.90 Å². The molecule has 1 fully saturated rings. The number of amides is 1. The third-order valence-corrected chi connectivity index (χ3v) is 3.01. The first-order chi connectivity index (χ1) is 7.46. The lowest BCUT2D eigenvalue weighted by molar-refractivity contribution is 0.0858. The van der Waals surface area contributed by atoms with Gasteiger partial charge in [0.25, 0.3) is 0 Å². The van der Waals surface area contributed by atoms with E-state index < -0.39 is 0 Å². The van der Waals surface area contributed by atoms with Crippen LogP contribution in [0.2, 0.25) is 0 Å². The standard InChI is InChI=1S/C12H14BrNO2/c1-12(2)8-14(11(15)16-12)7-9-3-5-10(13)6-4-9/h3-6H,7-8H2,1-2H3. The van der Waals surface area contributed by atoms with Crippen molar-refractivity contribution in [1.82, 2.24) is 4.90 Å². The molecule has 1 saturated heterocycles. The fraction of sp³-hybridized carbons (Fsp3) is 0.417. The fourth-order valence-corrected chi connectivity index (χ4v) is 2.05. The predicted molar refractivity (Wildman–Crippen MR) is 65.1 cm³/mol. The molecule has 0 aromatic heterocycles. The number of carbonyl (C=O) groups is 1. The molecule has 0 N–H and O–H groups in total. The van der Waals surface area contributed by atoms with Crippen LogP contribution < -0.4 is 0 Å². The second kappa shape index (κ2) is 4.09. The topological polar surface area (TPSA) is 29.5 Å². The zero-order valence-corrected chi connectivity index (χ0v) is 11.0. The molecule has 1 amide bonds. The lowest BCUT2D eigenvalue weighted by Crippen LogP contribution is -2.28. The molecule has 1 aromatic rings. The Morgan fingerprint density at radius 3 is 2.50 bits per heavy atom. The third kappa shape index (κ3) is 2.55. The largest absolute Gasteiger partial charge is 0.441 e. The number of ether oxygens (including phenoxy) is 1. The molecule has 4 heteroatoms. The molecule has 0 aliphatic carbocycles. The van der Waals surface area contributed by atoms with Crippen molar-refractivity contribution in [2.24, 2.45) is 0 Å². The Labute approximate surface area is 104 Å². The molecule has 0 unspecified atom stereocenters. The molecule has 1 heterocycles. The predicted octanol–water partition coefficient (Wildman–Crippen LogP) is 3.18. The van der Waals surface area contributed by atoms with E-state index in [-0.39, 0.29) is 11.7 Å². The van der Waals surface area contributed by atoms with E-state index in [4.69, 9.17) is 4.74 Å². The molecular weight excluding hydrogens is 270 g/mol. The molecule has 0 atom stereocenters. The highest BCUT2D eigenvalue weighted by Crippen LogP contribution is 2.23. The summed E-state index contributed by atoms with van der Waals surface area (Å²) in [5.41, 5.74) is 0.741. The van der Waals surface area contributed by atoms with Crippen LogP contribution in [0.15, 0.2) is 28.7 Å². The number of hydrogen-bond donors (Lipinski definition) is 0. The maximum Gasteiger partial charge on any atom is 0.410 e. The van der Waals surface area contributed by atoms with Crippen molar-refractivity contribution in [3.63, 3.8) is 0 Å². The highest BCUT2D eigenvalue weighted by atomic mass is 79.9. The molecule has 16 heavy (non-hydrogen) atoms. The summed E-state index contributed by atoms with van der Waals surface area (Å²) in [7, 11) is 0. The number of halogens is 1. The third-order valence-electron chi connectivity index (χ3n) is 2.48. The van der Waals surface area contributed by atoms with Crippen molar-refractivity contribution in [1.29, 1.82) is 0 Å². The highest BCUT2D eigenvalue weighted by Gasteiger charge is 2.37. The average molecular weight is 284 g/mol. The van der Waals surface area contributed by atoms with E-state index in [2.05, 4.69) is 15.9 Å². The molecule has 1 aliphatic heterocycles. The van der Waals surface area contributed by atoms with Crippen molar-refractivity contribution < 1.29 is 9.53 Å². The van der Waals surface area contributed by atoms with Crippen LogP contribution >= 0.6 is 15.9 Å². The minimum atomic E-state index is -0.369. The number of hydrogen-bond acceptors (Lipinski definition) is 2. The molecule has 1 aliphatic rings. The van der Waals surface area contributed by atoms with Crippen LogP contribution in [0.1, 0.15) is 19.4 Å². The smallest absolute Gasteiger partial charge is 0.410 e. The summed E-state index contributed by atoms with van der Waals surface area (Å²) in [5.74, 6) is 0. The zero-order valence-electron chi connectivity index (χ0n) is 9.37. The first-order valence-electron chi connectivity index (χ1n) is 5.19. The number of benzene rings is 1. The van der Waals surface area contributed by atoms with Gasteiger partial charge in [0.15, 0.2) is 0 Å². The van der Waals surface area contributed by atoms with Crippen LogP contribution in [-0.4, -0.2) is 23.1 Å². The van der Waals surface area contributed by atoms with Crippen LogP contribution in [0.4, 0.5) is 4.79 Å². The Kier molecular flexibility index (Phi) is 2.93. The van der Waals surface area contributed by atoms with E-state index in [0.717, 1.165) is 10.0 Å². The summed E-state index contributed by atoms with van der Waals surface area (Å²) in [5, 5.41) is 0. The Hall–Kier alpha value is -1.03. The number of nitrogens with zero attached hydrogens (tertiary/aromatic N) is 1. The summed E-state index contributed by atoms with van der Waals surface area (Å²) >= 11 is 3.38. The van der Waals surface area contributed by atoms with Gasteiger partial charge in [-0.25, -0.2) is 4.79 Å². The summed E-state index contributed by atoms with van der Waals surface area (Å²) in [6.07, 6.45) is -0.229. The number of rotatable bonds is 2. The van der Waals surface area contributed by atoms with E-state index in [1.807, 2.05) is 38.1 Å². The lowest BCUT2D eigenvalue weighted by atomic mass is 10.1. The molecule has 0 spiro atoms. The Balaban J connectivity index is 2.06. The van der Waals surface area contributed by atoms with Crippen molar-refractivity contribution in [2.75, 3.05) is 6.54 Å². The summed E-state index contributed by atoms with van der Waals surface area (Å²) in [6.45, 7) is 5.09. The van der Waals surface area contributed by atoms with Gasteiger partial charge in [0, 0.05) is 11.0 Å². The maximum atomic E-state index is 11.6. The minimum Gasteiger partial charge on any atom is -0.441 e. The molecule has 0 radical (unpaired) electrons. The van der Waals surface area contributed by atoms with Gasteiger partial charge in [-0.2, -0.15) is 0 Å². The number of cyclic esters (lactones) is 1. The van der Waals surface area contributed by atoms with E-state index in [1.165, 1.54) is 0 Å². The van der Waals surface area contributed by atoms with Gasteiger partial charge >= 0.3 is 6.09 Å². The van der Waals surface area contributed by atoms with Crippen molar-refractivity contribution in [3.05, 3.63) is 34.3 Å². The summed E-state index contributed by atoms with van der Waals surface area (Å²) in [4.78, 5) is 13.3. The molecule has 0 bridgehead atoms. The second-order valence-corrected chi connectivity index (χ2v) is 5.53. The van der Waals surface area contributed by atoms with Gasteiger partial charge in [-0.05, 0) is 31.5 Å². The van der Waals surface area contributed by atoms with E-state index in [9.17, 15) is 4.79 Å². The molecule has 0 saturated carbocycles.